The molecule has 0 unspecified atom stereocenters. The first-order chi connectivity index (χ1) is 8.18. The Morgan fingerprint density at radius 1 is 1.35 bits per heavy atom. The fourth-order valence-electron chi connectivity index (χ4n) is 1.64. The molecule has 0 saturated carbocycles. The second kappa shape index (κ2) is 4.82. The summed E-state index contributed by atoms with van der Waals surface area (Å²) in [6.07, 6.45) is 1.81. The molecule has 1 amide bonds. The first kappa shape index (κ1) is 11.4. The maximum absolute atomic E-state index is 10.5. The average molecular weight is 234 g/mol. The molecule has 1 fully saturated rings. The van der Waals surface area contributed by atoms with Crippen LogP contribution in [0.15, 0.2) is 24.3 Å². The van der Waals surface area contributed by atoms with Crippen LogP contribution < -0.4 is 0 Å². The maximum atomic E-state index is 10.5. The summed E-state index contributed by atoms with van der Waals surface area (Å²) >= 11 is 0. The summed E-state index contributed by atoms with van der Waals surface area (Å²) in [5.41, 5.74) is 1.33. The lowest BCUT2D eigenvalue weighted by atomic mass is 10.3. The quantitative estimate of drug-likeness (QED) is 0.688. The van der Waals surface area contributed by atoms with Crippen molar-refractivity contribution in [3.05, 3.63) is 24.3 Å². The molecule has 0 bridgehead atoms. The van der Waals surface area contributed by atoms with Crippen LogP contribution in [-0.2, 0) is 4.79 Å². The fraction of sp³-hybridized carbons (Fsp3) is 0.364. The Morgan fingerprint density at radius 3 is 2.65 bits per heavy atom. The zero-order chi connectivity index (χ0) is 12.3. The molecule has 1 aliphatic rings. The molecule has 6 nitrogen and oxygen atoms in total. The lowest BCUT2D eigenvalue weighted by Crippen LogP contribution is -2.17. The second-order valence-corrected chi connectivity index (χ2v) is 3.89. The minimum atomic E-state index is 0.292. The Kier molecular flexibility index (Phi) is 3.22. The number of para-hydroxylation sites is 1. The van der Waals surface area contributed by atoms with Crippen molar-refractivity contribution < 1.29 is 10.0 Å². The number of fused-ring (bicyclic) bond motifs is 1. The number of hydrogen-bond donors (Lipinski definition) is 1. The molecule has 90 valence electrons. The molecular formula is C11H14N4O2. The van der Waals surface area contributed by atoms with E-state index in [2.05, 4.69) is 10.3 Å². The summed E-state index contributed by atoms with van der Waals surface area (Å²) in [7, 11) is 1.84. The first-order valence-corrected chi connectivity index (χ1v) is 5.42. The van der Waals surface area contributed by atoms with Gasteiger partial charge in [0, 0.05) is 20.0 Å². The smallest absolute Gasteiger partial charge is 0.222 e. The molecule has 1 aromatic carbocycles. The van der Waals surface area contributed by atoms with E-state index in [-0.39, 0.29) is 0 Å². The summed E-state index contributed by atoms with van der Waals surface area (Å²) in [5, 5.41) is 16.1. The largest absolute Gasteiger partial charge is 0.410 e. The van der Waals surface area contributed by atoms with Gasteiger partial charge in [-0.25, -0.2) is 0 Å². The molecule has 0 radical (unpaired) electrons. The number of hydrogen-bond acceptors (Lipinski definition) is 4. The minimum absolute atomic E-state index is 0.292. The van der Waals surface area contributed by atoms with Gasteiger partial charge in [-0.05, 0) is 23.8 Å². The van der Waals surface area contributed by atoms with Crippen molar-refractivity contribution in [3.8, 4) is 0 Å². The van der Waals surface area contributed by atoms with Crippen LogP contribution in [0.5, 0.6) is 0 Å². The molecule has 0 aliphatic carbocycles. The van der Waals surface area contributed by atoms with Crippen molar-refractivity contribution in [2.24, 2.45) is 0 Å². The van der Waals surface area contributed by atoms with Gasteiger partial charge in [-0.15, -0.1) is 5.10 Å². The molecule has 1 aromatic heterocycles. The van der Waals surface area contributed by atoms with Crippen LogP contribution >= 0.6 is 0 Å². The molecule has 17 heavy (non-hydrogen) atoms. The summed E-state index contributed by atoms with van der Waals surface area (Å²) in [4.78, 5) is 13.0. The van der Waals surface area contributed by atoms with Crippen LogP contribution in [0.25, 0.3) is 11.0 Å². The summed E-state index contributed by atoms with van der Waals surface area (Å²) in [5.74, 6) is 0.292. The number of benzene rings is 1. The number of amides is 1. The predicted octanol–water partition coefficient (Wildman–Crippen LogP) is 0.907. The van der Waals surface area contributed by atoms with Crippen molar-refractivity contribution in [1.29, 1.82) is 0 Å². The van der Waals surface area contributed by atoms with Gasteiger partial charge < -0.3 is 10.1 Å². The van der Waals surface area contributed by atoms with Gasteiger partial charge in [-0.1, -0.05) is 17.0 Å². The number of nitrogens with zero attached hydrogens (tertiary/aromatic N) is 4. The Labute approximate surface area is 98.4 Å². The van der Waals surface area contributed by atoms with E-state index >= 15 is 0 Å². The normalized spacial score (nSPS) is 14.9. The number of likely N-dealkylation sites (tertiary alicyclic amines) is 1. The van der Waals surface area contributed by atoms with E-state index in [1.54, 1.807) is 17.0 Å². The van der Waals surface area contributed by atoms with Gasteiger partial charge in [0.05, 0.1) is 0 Å². The predicted molar refractivity (Wildman–Crippen MR) is 61.6 cm³/mol. The van der Waals surface area contributed by atoms with Crippen molar-refractivity contribution in [2.45, 2.75) is 12.8 Å². The monoisotopic (exact) mass is 234 g/mol. The summed E-state index contributed by atoms with van der Waals surface area (Å²) in [6, 6.07) is 7.19. The van der Waals surface area contributed by atoms with Gasteiger partial charge in [0.15, 0.2) is 0 Å². The lowest BCUT2D eigenvalue weighted by Gasteiger charge is -2.03. The van der Waals surface area contributed by atoms with Gasteiger partial charge in [0.25, 0.3) is 0 Å². The standard InChI is InChI=1S/C6H5N3O.C5H9NO/c10-9-6-4-2-1-3-5(6)7-8-9;1-6-4-2-3-5(6)7/h1-4,10H;2-4H2,1H3. The van der Waals surface area contributed by atoms with Crippen LogP contribution in [0.1, 0.15) is 12.8 Å². The van der Waals surface area contributed by atoms with E-state index in [0.29, 0.717) is 16.9 Å². The summed E-state index contributed by atoms with van der Waals surface area (Å²) in [6.45, 7) is 0.957. The van der Waals surface area contributed by atoms with Crippen LogP contribution in [0.2, 0.25) is 0 Å². The van der Waals surface area contributed by atoms with Crippen LogP contribution in [0.3, 0.4) is 0 Å². The first-order valence-electron chi connectivity index (χ1n) is 5.42. The highest BCUT2D eigenvalue weighted by molar-refractivity contribution is 5.77. The molecule has 0 atom stereocenters. The molecule has 6 heteroatoms. The van der Waals surface area contributed by atoms with Gasteiger partial charge >= 0.3 is 0 Å². The van der Waals surface area contributed by atoms with E-state index in [0.717, 1.165) is 24.2 Å². The molecule has 1 aliphatic heterocycles. The van der Waals surface area contributed by atoms with Crippen LogP contribution in [0, 0.1) is 0 Å². The van der Waals surface area contributed by atoms with E-state index in [4.69, 9.17) is 5.21 Å². The minimum Gasteiger partial charge on any atom is -0.410 e. The Hall–Kier alpha value is -2.11. The zero-order valence-electron chi connectivity index (χ0n) is 9.58. The third kappa shape index (κ3) is 2.52. The fourth-order valence-corrected chi connectivity index (χ4v) is 1.64. The molecule has 1 saturated heterocycles. The van der Waals surface area contributed by atoms with Crippen molar-refractivity contribution in [2.75, 3.05) is 13.6 Å². The maximum Gasteiger partial charge on any atom is 0.222 e. The van der Waals surface area contributed by atoms with Gasteiger partial charge in [0.1, 0.15) is 11.0 Å². The van der Waals surface area contributed by atoms with Crippen molar-refractivity contribution >= 4 is 16.9 Å². The number of carbonyl (C=O) groups is 1. The van der Waals surface area contributed by atoms with Gasteiger partial charge in [0.2, 0.25) is 5.91 Å². The molecule has 0 spiro atoms. The molecule has 2 aromatic rings. The van der Waals surface area contributed by atoms with Crippen molar-refractivity contribution in [3.63, 3.8) is 0 Å². The highest BCUT2D eigenvalue weighted by Gasteiger charge is 2.14. The number of rotatable bonds is 0. The van der Waals surface area contributed by atoms with Crippen LogP contribution in [0.4, 0.5) is 0 Å². The molecule has 3 rings (SSSR count). The summed E-state index contributed by atoms with van der Waals surface area (Å²) < 4.78 is 0. The number of aromatic nitrogens is 3. The molecular weight excluding hydrogens is 220 g/mol. The molecule has 1 N–H and O–H groups in total. The zero-order valence-corrected chi connectivity index (χ0v) is 9.58. The lowest BCUT2D eigenvalue weighted by molar-refractivity contribution is -0.126. The highest BCUT2D eigenvalue weighted by atomic mass is 16.5. The Bertz CT molecular complexity index is 523. The Morgan fingerprint density at radius 2 is 2.12 bits per heavy atom. The number of carbonyl (C=O) groups excluding carboxylic acids is 1. The third-order valence-electron chi connectivity index (χ3n) is 2.64. The second-order valence-electron chi connectivity index (χ2n) is 3.89. The van der Waals surface area contributed by atoms with Crippen LogP contribution in [-0.4, -0.2) is 44.8 Å². The SMILES string of the molecule is CN1CCCC1=O.On1nnc2ccccc21. The average Bonchev–Trinajstić information content (AvgIpc) is 2.89. The van der Waals surface area contributed by atoms with E-state index in [1.807, 2.05) is 19.2 Å². The van der Waals surface area contributed by atoms with E-state index in [9.17, 15) is 4.79 Å². The topological polar surface area (TPSA) is 71.2 Å². The molecule has 2 heterocycles. The highest BCUT2D eigenvalue weighted by Crippen LogP contribution is 2.06. The van der Waals surface area contributed by atoms with E-state index < -0.39 is 0 Å². The third-order valence-corrected chi connectivity index (χ3v) is 2.64. The van der Waals surface area contributed by atoms with Gasteiger partial charge in [-0.2, -0.15) is 0 Å². The Balaban J connectivity index is 0.000000136. The van der Waals surface area contributed by atoms with E-state index in [1.165, 1.54) is 0 Å². The van der Waals surface area contributed by atoms with Crippen molar-refractivity contribution in [1.82, 2.24) is 20.1 Å². The van der Waals surface area contributed by atoms with Gasteiger partial charge in [-0.3, -0.25) is 4.79 Å².